The van der Waals surface area contributed by atoms with Crippen LogP contribution >= 0.6 is 35.0 Å². The maximum absolute atomic E-state index is 12.7. The van der Waals surface area contributed by atoms with E-state index in [1.165, 1.54) is 11.8 Å². The molecule has 0 N–H and O–H groups in total. The van der Waals surface area contributed by atoms with Crippen LogP contribution in [0.1, 0.15) is 5.56 Å². The highest BCUT2D eigenvalue weighted by atomic mass is 35.5. The molecule has 0 radical (unpaired) electrons. The van der Waals surface area contributed by atoms with Crippen molar-refractivity contribution in [1.29, 1.82) is 0 Å². The summed E-state index contributed by atoms with van der Waals surface area (Å²) in [5.74, 6) is 0.412. The molecule has 2 heterocycles. The lowest BCUT2D eigenvalue weighted by Crippen LogP contribution is -2.38. The number of amidine groups is 1. The van der Waals surface area contributed by atoms with Gasteiger partial charge in [0.25, 0.3) is 5.91 Å². The maximum Gasteiger partial charge on any atom is 0.252 e. The molecule has 0 aliphatic carbocycles. The minimum Gasteiger partial charge on any atom is -0.497 e. The number of carbonyl (C=O) groups excluding carboxylic acids is 1. The molecule has 158 valence electrons. The van der Waals surface area contributed by atoms with Gasteiger partial charge in [-0.3, -0.25) is 4.79 Å². The summed E-state index contributed by atoms with van der Waals surface area (Å²) >= 11 is 13.9. The summed E-state index contributed by atoms with van der Waals surface area (Å²) in [5, 5.41) is 0.896. The second kappa shape index (κ2) is 8.42. The van der Waals surface area contributed by atoms with Gasteiger partial charge in [0.1, 0.15) is 5.75 Å². The fraction of sp³-hybridized carbons (Fsp3) is 0.300. The van der Waals surface area contributed by atoms with Gasteiger partial charge in [-0.25, -0.2) is 8.42 Å². The summed E-state index contributed by atoms with van der Waals surface area (Å²) < 4.78 is 29.5. The second-order valence-electron chi connectivity index (χ2n) is 7.06. The summed E-state index contributed by atoms with van der Waals surface area (Å²) in [6.07, 6.45) is 0.124. The average Bonchev–Trinajstić information content (AvgIpc) is 3.15. The quantitative estimate of drug-likeness (QED) is 0.655. The molecule has 0 aromatic heterocycles. The molecule has 0 spiro atoms. The van der Waals surface area contributed by atoms with E-state index in [9.17, 15) is 13.2 Å². The highest BCUT2D eigenvalue weighted by Crippen LogP contribution is 2.44. The van der Waals surface area contributed by atoms with E-state index < -0.39 is 9.84 Å². The van der Waals surface area contributed by atoms with Gasteiger partial charge in [0.15, 0.2) is 15.0 Å². The molecule has 0 bridgehead atoms. The molecular weight excluding hydrogens is 467 g/mol. The van der Waals surface area contributed by atoms with Crippen LogP contribution in [0.3, 0.4) is 0 Å². The number of hydrogen-bond donors (Lipinski definition) is 0. The molecule has 2 saturated heterocycles. The second-order valence-corrected chi connectivity index (χ2v) is 11.2. The van der Waals surface area contributed by atoms with Gasteiger partial charge in [-0.1, -0.05) is 53.2 Å². The third-order valence-electron chi connectivity index (χ3n) is 4.99. The van der Waals surface area contributed by atoms with E-state index >= 15 is 0 Å². The molecule has 6 nitrogen and oxygen atoms in total. The third kappa shape index (κ3) is 4.32. The van der Waals surface area contributed by atoms with E-state index in [2.05, 4.69) is 4.99 Å². The van der Waals surface area contributed by atoms with Crippen molar-refractivity contribution in [2.75, 3.05) is 23.5 Å². The van der Waals surface area contributed by atoms with Gasteiger partial charge in [0, 0.05) is 5.25 Å². The molecule has 2 aliphatic heterocycles. The third-order valence-corrected chi connectivity index (χ3v) is 9.01. The van der Waals surface area contributed by atoms with Gasteiger partial charge in [-0.2, -0.15) is 4.99 Å². The van der Waals surface area contributed by atoms with Crippen molar-refractivity contribution in [2.45, 2.75) is 17.7 Å². The molecule has 0 saturated carbocycles. The van der Waals surface area contributed by atoms with Gasteiger partial charge in [0.05, 0.1) is 46.8 Å². The van der Waals surface area contributed by atoms with Gasteiger partial charge < -0.3 is 9.64 Å². The number of aliphatic imine (C=N–C) groups is 1. The largest absolute Gasteiger partial charge is 0.497 e. The number of nitrogens with zero attached hydrogens (tertiary/aromatic N) is 2. The van der Waals surface area contributed by atoms with Crippen molar-refractivity contribution in [2.24, 2.45) is 4.99 Å². The van der Waals surface area contributed by atoms with Crippen molar-refractivity contribution in [3.63, 3.8) is 0 Å². The van der Waals surface area contributed by atoms with Crippen LogP contribution in [0.5, 0.6) is 5.75 Å². The predicted molar refractivity (Wildman–Crippen MR) is 122 cm³/mol. The van der Waals surface area contributed by atoms with Gasteiger partial charge >= 0.3 is 0 Å². The van der Waals surface area contributed by atoms with E-state index in [-0.39, 0.29) is 35.1 Å². The normalized spacial score (nSPS) is 23.6. The van der Waals surface area contributed by atoms with E-state index in [4.69, 9.17) is 27.9 Å². The zero-order valence-corrected chi connectivity index (χ0v) is 19.1. The monoisotopic (exact) mass is 484 g/mol. The molecular formula is C20H18Cl2N2O4S2. The Morgan fingerprint density at radius 2 is 1.93 bits per heavy atom. The van der Waals surface area contributed by atoms with E-state index in [0.29, 0.717) is 26.6 Å². The number of hydrogen-bond acceptors (Lipinski definition) is 5. The molecule has 2 aromatic carbocycles. The number of fused-ring (bicyclic) bond motifs is 1. The highest BCUT2D eigenvalue weighted by Gasteiger charge is 2.49. The van der Waals surface area contributed by atoms with Crippen molar-refractivity contribution < 1.29 is 17.9 Å². The van der Waals surface area contributed by atoms with E-state index in [0.717, 1.165) is 5.56 Å². The van der Waals surface area contributed by atoms with Gasteiger partial charge in [0.2, 0.25) is 0 Å². The van der Waals surface area contributed by atoms with Crippen molar-refractivity contribution in [3.05, 3.63) is 58.1 Å². The molecule has 1 amide bonds. The molecule has 10 heteroatoms. The first-order valence-corrected chi connectivity index (χ1v) is 12.6. The smallest absolute Gasteiger partial charge is 0.252 e. The zero-order valence-electron chi connectivity index (χ0n) is 15.9. The lowest BCUT2D eigenvalue weighted by atomic mass is 10.1. The van der Waals surface area contributed by atoms with Crippen molar-refractivity contribution >= 4 is 61.6 Å². The number of sulfone groups is 1. The molecule has 30 heavy (non-hydrogen) atoms. The van der Waals surface area contributed by atoms with Crippen LogP contribution in [-0.4, -0.2) is 49.4 Å². The fourth-order valence-corrected chi connectivity index (χ4v) is 7.90. The summed E-state index contributed by atoms with van der Waals surface area (Å²) in [6.45, 7) is 0. The Morgan fingerprint density at radius 3 is 2.63 bits per heavy atom. The SMILES string of the molecule is COc1ccc(CC(=O)N=C2S[C@H]3CS(=O)(=O)C[C@H]3N2c2cccc(Cl)c2Cl)cc1. The Balaban J connectivity index is 1.65. The number of ether oxygens (including phenoxy) is 1. The first-order chi connectivity index (χ1) is 14.3. The minimum atomic E-state index is -3.17. The summed E-state index contributed by atoms with van der Waals surface area (Å²) in [7, 11) is -1.59. The van der Waals surface area contributed by atoms with Gasteiger partial charge in [-0.05, 0) is 29.8 Å². The van der Waals surface area contributed by atoms with Crippen LogP contribution in [0.2, 0.25) is 10.0 Å². The molecule has 0 unspecified atom stereocenters. The maximum atomic E-state index is 12.7. The Kier molecular flexibility index (Phi) is 6.03. The van der Waals surface area contributed by atoms with Crippen LogP contribution in [0.4, 0.5) is 5.69 Å². The number of methoxy groups -OCH3 is 1. The van der Waals surface area contributed by atoms with Crippen LogP contribution in [-0.2, 0) is 21.1 Å². The highest BCUT2D eigenvalue weighted by molar-refractivity contribution is 8.16. The Labute approximate surface area is 189 Å². The van der Waals surface area contributed by atoms with Crippen LogP contribution in [0.15, 0.2) is 47.5 Å². The number of carbonyl (C=O) groups is 1. The number of halogens is 2. The summed E-state index contributed by atoms with van der Waals surface area (Å²) in [5.41, 5.74) is 1.36. The summed E-state index contributed by atoms with van der Waals surface area (Å²) in [4.78, 5) is 18.7. The molecule has 2 fully saturated rings. The Morgan fingerprint density at radius 1 is 1.20 bits per heavy atom. The minimum absolute atomic E-state index is 0.0147. The zero-order chi connectivity index (χ0) is 21.5. The van der Waals surface area contributed by atoms with E-state index in [1.807, 2.05) is 12.1 Å². The number of amides is 1. The first-order valence-electron chi connectivity index (χ1n) is 9.12. The van der Waals surface area contributed by atoms with Crippen LogP contribution in [0, 0.1) is 0 Å². The number of anilines is 1. The lowest BCUT2D eigenvalue weighted by Gasteiger charge is -2.25. The number of thioether (sulfide) groups is 1. The lowest BCUT2D eigenvalue weighted by molar-refractivity contribution is -0.117. The fourth-order valence-electron chi connectivity index (χ4n) is 3.59. The van der Waals surface area contributed by atoms with Gasteiger partial charge in [-0.15, -0.1) is 0 Å². The topological polar surface area (TPSA) is 76.0 Å². The van der Waals surface area contributed by atoms with Crippen molar-refractivity contribution in [1.82, 2.24) is 0 Å². The first kappa shape index (κ1) is 21.5. The number of benzene rings is 2. The Bertz CT molecular complexity index is 1120. The molecule has 2 aromatic rings. The molecule has 2 atom stereocenters. The van der Waals surface area contributed by atoms with Crippen LogP contribution in [0.25, 0.3) is 0 Å². The standard InChI is InChI=1S/C20H18Cl2N2O4S2/c1-28-13-7-5-12(6-8-13)9-18(25)23-20-24(15-4-2-3-14(21)19(15)22)16-10-30(26,27)11-17(16)29-20/h2-8,16-17H,9-11H2,1H3/t16-,17+/m1/s1. The number of rotatable bonds is 4. The van der Waals surface area contributed by atoms with Crippen LogP contribution < -0.4 is 9.64 Å². The average molecular weight is 485 g/mol. The molecule has 4 rings (SSSR count). The van der Waals surface area contributed by atoms with Crippen molar-refractivity contribution in [3.8, 4) is 5.75 Å². The summed E-state index contributed by atoms with van der Waals surface area (Å²) in [6, 6.07) is 12.0. The van der Waals surface area contributed by atoms with E-state index in [1.54, 1.807) is 42.3 Å². The Hall–Kier alpha value is -1.74. The predicted octanol–water partition coefficient (Wildman–Crippen LogP) is 3.85. The molecule has 2 aliphatic rings.